The molecular weight excluding hydrogens is 476 g/mol. The number of esters is 1. The van der Waals surface area contributed by atoms with Crippen molar-refractivity contribution in [2.75, 3.05) is 6.61 Å². The first kappa shape index (κ1) is 23.7. The van der Waals surface area contributed by atoms with Crippen LogP contribution in [0, 0.1) is 10.1 Å². The van der Waals surface area contributed by atoms with Gasteiger partial charge in [0.15, 0.2) is 0 Å². The van der Waals surface area contributed by atoms with Gasteiger partial charge < -0.3 is 14.1 Å². The second-order valence-electron chi connectivity index (χ2n) is 8.30. The second-order valence-corrected chi connectivity index (χ2v) is 8.30. The predicted octanol–water partition coefficient (Wildman–Crippen LogP) is 3.23. The summed E-state index contributed by atoms with van der Waals surface area (Å²) in [5, 5.41) is 11.6. The van der Waals surface area contributed by atoms with Crippen LogP contribution >= 0.6 is 0 Å². The molecule has 1 aliphatic heterocycles. The predicted molar refractivity (Wildman–Crippen MR) is 134 cm³/mol. The molecule has 3 heterocycles. The maximum absolute atomic E-state index is 13.6. The van der Waals surface area contributed by atoms with Crippen molar-refractivity contribution in [1.82, 2.24) is 9.55 Å². The summed E-state index contributed by atoms with van der Waals surface area (Å²) in [4.78, 5) is 44.9. The van der Waals surface area contributed by atoms with Gasteiger partial charge in [-0.1, -0.05) is 42.5 Å². The molecule has 4 aromatic rings. The van der Waals surface area contributed by atoms with Crippen LogP contribution in [0.3, 0.4) is 0 Å². The third kappa shape index (κ3) is 4.29. The molecule has 5 rings (SSSR count). The van der Waals surface area contributed by atoms with Gasteiger partial charge in [-0.3, -0.25) is 19.5 Å². The first-order valence-corrected chi connectivity index (χ1v) is 11.6. The van der Waals surface area contributed by atoms with Crippen LogP contribution in [0.15, 0.2) is 92.2 Å². The van der Waals surface area contributed by atoms with Crippen LogP contribution in [0.25, 0.3) is 17.4 Å². The highest BCUT2D eigenvalue weighted by atomic mass is 16.6. The van der Waals surface area contributed by atoms with E-state index in [2.05, 4.69) is 9.98 Å². The van der Waals surface area contributed by atoms with E-state index in [4.69, 9.17) is 9.15 Å². The molecule has 2 aromatic carbocycles. The quantitative estimate of drug-likeness (QED) is 0.247. The van der Waals surface area contributed by atoms with Gasteiger partial charge >= 0.3 is 5.97 Å². The van der Waals surface area contributed by atoms with E-state index in [9.17, 15) is 19.7 Å². The zero-order chi connectivity index (χ0) is 26.1. The van der Waals surface area contributed by atoms with E-state index < -0.39 is 22.5 Å². The number of aromatic amines is 1. The van der Waals surface area contributed by atoms with E-state index in [1.807, 2.05) is 30.3 Å². The molecule has 10 nitrogen and oxygen atoms in total. The fourth-order valence-electron chi connectivity index (χ4n) is 4.40. The molecule has 0 radical (unpaired) electrons. The Morgan fingerprint density at radius 1 is 1.16 bits per heavy atom. The van der Waals surface area contributed by atoms with Crippen molar-refractivity contribution in [3.05, 3.63) is 121 Å². The fraction of sp³-hybridized carbons (Fsp3) is 0.148. The number of hydrogen-bond donors (Lipinski definition) is 1. The van der Waals surface area contributed by atoms with Crippen molar-refractivity contribution in [1.29, 1.82) is 0 Å². The largest absolute Gasteiger partial charge is 0.463 e. The van der Waals surface area contributed by atoms with Gasteiger partial charge in [-0.25, -0.2) is 9.79 Å². The van der Waals surface area contributed by atoms with Gasteiger partial charge in [0, 0.05) is 12.1 Å². The molecule has 1 aliphatic rings. The summed E-state index contributed by atoms with van der Waals surface area (Å²) >= 11 is 0. The monoisotopic (exact) mass is 498 g/mol. The first-order valence-electron chi connectivity index (χ1n) is 11.6. The van der Waals surface area contributed by atoms with Crippen molar-refractivity contribution in [3.63, 3.8) is 0 Å². The van der Waals surface area contributed by atoms with Gasteiger partial charge in [-0.15, -0.1) is 0 Å². The molecule has 2 aromatic heterocycles. The zero-order valence-corrected chi connectivity index (χ0v) is 20.0. The molecule has 186 valence electrons. The Bertz CT molecular complexity index is 1730. The van der Waals surface area contributed by atoms with E-state index in [-0.39, 0.29) is 28.8 Å². The smallest absolute Gasteiger partial charge is 0.338 e. The Hall–Kier alpha value is -4.99. The summed E-state index contributed by atoms with van der Waals surface area (Å²) in [5.74, 6) is 0.0713. The molecule has 1 N–H and O–H groups in total. The molecule has 1 unspecified atom stereocenters. The lowest BCUT2D eigenvalue weighted by Crippen LogP contribution is -2.40. The number of para-hydroxylation sites is 1. The van der Waals surface area contributed by atoms with E-state index in [0.29, 0.717) is 22.8 Å². The van der Waals surface area contributed by atoms with Crippen molar-refractivity contribution in [3.8, 4) is 11.3 Å². The maximum Gasteiger partial charge on any atom is 0.338 e. The Morgan fingerprint density at radius 3 is 2.62 bits per heavy atom. The number of fused-ring (bicyclic) bond motifs is 1. The Morgan fingerprint density at radius 2 is 1.89 bits per heavy atom. The summed E-state index contributed by atoms with van der Waals surface area (Å²) in [6.07, 6.45) is 1.50. The lowest BCUT2D eigenvalue weighted by Gasteiger charge is -2.24. The number of furan rings is 1. The molecule has 10 heteroatoms. The standard InChI is InChI=1S/C27H22N4O6/c1-3-36-26(33)23-16(2)28-27-29-20(25(32)30(27)24(23)17-9-5-4-6-10-17)15-18-13-14-22(37-18)19-11-7-8-12-21(19)31(34)35/h4-15,24H,3H2,1-2H3,(H,28,29)/b20-15-. The third-order valence-electron chi connectivity index (χ3n) is 6.01. The highest BCUT2D eigenvalue weighted by molar-refractivity contribution is 5.91. The van der Waals surface area contributed by atoms with Crippen LogP contribution in [-0.2, 0) is 9.53 Å². The van der Waals surface area contributed by atoms with Crippen LogP contribution in [0.1, 0.15) is 31.2 Å². The van der Waals surface area contributed by atoms with E-state index in [0.717, 1.165) is 5.56 Å². The maximum atomic E-state index is 13.6. The van der Waals surface area contributed by atoms with Crippen LogP contribution in [0.2, 0.25) is 0 Å². The van der Waals surface area contributed by atoms with Crippen LogP contribution in [-0.4, -0.2) is 27.1 Å². The molecule has 0 spiro atoms. The van der Waals surface area contributed by atoms with Crippen molar-refractivity contribution >= 4 is 17.7 Å². The van der Waals surface area contributed by atoms with Gasteiger partial charge in [-0.05, 0) is 37.6 Å². The topological polar surface area (TPSA) is 133 Å². The van der Waals surface area contributed by atoms with Crippen LogP contribution in [0.4, 0.5) is 5.69 Å². The number of ether oxygens (including phenoxy) is 1. The summed E-state index contributed by atoms with van der Waals surface area (Å²) in [6, 6.07) is 17.9. The average molecular weight is 498 g/mol. The van der Waals surface area contributed by atoms with Crippen molar-refractivity contribution in [2.24, 2.45) is 4.99 Å². The molecule has 37 heavy (non-hydrogen) atoms. The highest BCUT2D eigenvalue weighted by Gasteiger charge is 2.33. The summed E-state index contributed by atoms with van der Waals surface area (Å²) < 4.78 is 12.5. The number of aromatic nitrogens is 2. The number of imidazole rings is 1. The summed E-state index contributed by atoms with van der Waals surface area (Å²) in [5.41, 5.74) is 1.56. The van der Waals surface area contributed by atoms with Gasteiger partial charge in [0.1, 0.15) is 16.9 Å². The number of nitrogens with zero attached hydrogens (tertiary/aromatic N) is 3. The molecule has 0 saturated carbocycles. The number of nitro benzene ring substituents is 1. The Balaban J connectivity index is 1.63. The van der Waals surface area contributed by atoms with Crippen LogP contribution in [0.5, 0.6) is 0 Å². The van der Waals surface area contributed by atoms with E-state index in [1.165, 1.54) is 16.7 Å². The minimum absolute atomic E-state index is 0.0867. The van der Waals surface area contributed by atoms with Crippen molar-refractivity contribution in [2.45, 2.75) is 19.9 Å². The van der Waals surface area contributed by atoms with Crippen molar-refractivity contribution < 1.29 is 18.9 Å². The van der Waals surface area contributed by atoms with E-state index in [1.54, 1.807) is 44.2 Å². The van der Waals surface area contributed by atoms with Gasteiger partial charge in [0.05, 0.1) is 34.4 Å². The van der Waals surface area contributed by atoms with Crippen LogP contribution < -0.4 is 16.5 Å². The fourth-order valence-corrected chi connectivity index (χ4v) is 4.40. The number of carbonyl (C=O) groups is 1. The SMILES string of the molecule is CCOC(=O)C1=C(C)N=c2[nH]/c(=C\c3ccc(-c4ccccc4[N+](=O)[O-])o3)c(=O)n2C1c1ccccc1. The Labute approximate surface area is 210 Å². The number of nitrogens with one attached hydrogen (secondary N) is 1. The molecule has 1 atom stereocenters. The normalized spacial score (nSPS) is 15.3. The average Bonchev–Trinajstić information content (AvgIpc) is 3.48. The number of allylic oxidation sites excluding steroid dienone is 1. The minimum atomic E-state index is -0.738. The number of hydrogen-bond acceptors (Lipinski definition) is 7. The number of H-pyrrole nitrogens is 1. The Kier molecular flexibility index (Phi) is 6.14. The summed E-state index contributed by atoms with van der Waals surface area (Å²) in [7, 11) is 0. The molecular formula is C27H22N4O6. The number of benzene rings is 2. The molecule has 0 saturated heterocycles. The molecule has 0 bridgehead atoms. The number of nitro groups is 1. The van der Waals surface area contributed by atoms with Gasteiger partial charge in [0.25, 0.3) is 11.2 Å². The highest BCUT2D eigenvalue weighted by Crippen LogP contribution is 2.31. The third-order valence-corrected chi connectivity index (χ3v) is 6.01. The number of carbonyl (C=O) groups excluding carboxylic acids is 1. The number of rotatable bonds is 6. The minimum Gasteiger partial charge on any atom is -0.463 e. The molecule has 0 aliphatic carbocycles. The lowest BCUT2D eigenvalue weighted by atomic mass is 9.96. The zero-order valence-electron chi connectivity index (χ0n) is 20.0. The van der Waals surface area contributed by atoms with Gasteiger partial charge in [-0.2, -0.15) is 0 Å². The first-order chi connectivity index (χ1) is 17.9. The van der Waals surface area contributed by atoms with Gasteiger partial charge in [0.2, 0.25) is 5.62 Å². The lowest BCUT2D eigenvalue weighted by molar-refractivity contribution is -0.384. The molecule has 0 fully saturated rings. The molecule has 0 amide bonds. The summed E-state index contributed by atoms with van der Waals surface area (Å²) in [6.45, 7) is 3.60. The second kappa shape index (κ2) is 9.57. The van der Waals surface area contributed by atoms with E-state index >= 15 is 0 Å².